The second-order valence-corrected chi connectivity index (χ2v) is 4.81. The summed E-state index contributed by atoms with van der Waals surface area (Å²) < 4.78 is 5.28. The molecule has 2 rings (SSSR count). The molecule has 0 bridgehead atoms. The Balaban J connectivity index is 1.73. The van der Waals surface area contributed by atoms with Gasteiger partial charge in [0.05, 0.1) is 25.1 Å². The van der Waals surface area contributed by atoms with Crippen molar-refractivity contribution in [2.45, 2.75) is 0 Å². The highest BCUT2D eigenvalue weighted by atomic mass is 16.5. The minimum Gasteiger partial charge on any atom is -0.380 e. The lowest BCUT2D eigenvalue weighted by atomic mass is 10.3. The molecule has 0 atom stereocenters. The minimum absolute atomic E-state index is 0.140. The van der Waals surface area contributed by atoms with Gasteiger partial charge in [0.15, 0.2) is 0 Å². The SMILES string of the molecule is C=CCNc1ccc(C(=O)NCCN2CCOCC2)nc1. The first-order valence-electron chi connectivity index (χ1n) is 7.18. The van der Waals surface area contributed by atoms with Gasteiger partial charge in [-0.2, -0.15) is 0 Å². The zero-order valence-corrected chi connectivity index (χ0v) is 12.2. The van der Waals surface area contributed by atoms with Crippen LogP contribution in [0.5, 0.6) is 0 Å². The summed E-state index contributed by atoms with van der Waals surface area (Å²) in [6, 6.07) is 3.56. The van der Waals surface area contributed by atoms with Gasteiger partial charge in [-0.1, -0.05) is 6.08 Å². The number of carbonyl (C=O) groups is 1. The highest BCUT2D eigenvalue weighted by Crippen LogP contribution is 2.05. The number of ether oxygens (including phenoxy) is 1. The zero-order chi connectivity index (χ0) is 14.9. The number of anilines is 1. The average molecular weight is 290 g/mol. The van der Waals surface area contributed by atoms with Crippen LogP contribution < -0.4 is 10.6 Å². The second-order valence-electron chi connectivity index (χ2n) is 4.81. The first-order chi connectivity index (χ1) is 10.3. The monoisotopic (exact) mass is 290 g/mol. The van der Waals surface area contributed by atoms with E-state index < -0.39 is 0 Å². The van der Waals surface area contributed by atoms with Crippen LogP contribution in [0.25, 0.3) is 0 Å². The molecule has 1 saturated heterocycles. The van der Waals surface area contributed by atoms with E-state index in [1.165, 1.54) is 0 Å². The number of nitrogens with one attached hydrogen (secondary N) is 2. The van der Waals surface area contributed by atoms with Crippen LogP contribution >= 0.6 is 0 Å². The van der Waals surface area contributed by atoms with Crippen LogP contribution in [-0.4, -0.2) is 61.7 Å². The van der Waals surface area contributed by atoms with Crippen LogP contribution in [-0.2, 0) is 4.74 Å². The van der Waals surface area contributed by atoms with Crippen molar-refractivity contribution < 1.29 is 9.53 Å². The van der Waals surface area contributed by atoms with Crippen molar-refractivity contribution in [3.63, 3.8) is 0 Å². The zero-order valence-electron chi connectivity index (χ0n) is 12.2. The number of amides is 1. The Kier molecular flexibility index (Phi) is 6.18. The summed E-state index contributed by atoms with van der Waals surface area (Å²) in [6.07, 6.45) is 3.42. The average Bonchev–Trinajstić information content (AvgIpc) is 2.54. The van der Waals surface area contributed by atoms with Crippen molar-refractivity contribution >= 4 is 11.6 Å². The standard InChI is InChI=1S/C15H22N4O2/c1-2-5-16-13-3-4-14(18-12-13)15(20)17-6-7-19-8-10-21-11-9-19/h2-4,12,16H,1,5-11H2,(H,17,20). The molecule has 2 heterocycles. The molecule has 6 heteroatoms. The number of hydrogen-bond acceptors (Lipinski definition) is 5. The van der Waals surface area contributed by atoms with E-state index in [1.54, 1.807) is 18.3 Å². The first-order valence-corrected chi connectivity index (χ1v) is 7.18. The third-order valence-corrected chi connectivity index (χ3v) is 3.26. The van der Waals surface area contributed by atoms with Crippen LogP contribution in [0.15, 0.2) is 31.0 Å². The van der Waals surface area contributed by atoms with Crippen LogP contribution in [0, 0.1) is 0 Å². The predicted octanol–water partition coefficient (Wildman–Crippen LogP) is 0.741. The second kappa shape index (κ2) is 8.39. The summed E-state index contributed by atoms with van der Waals surface area (Å²) in [5, 5.41) is 6.00. The molecule has 21 heavy (non-hydrogen) atoms. The number of morpholine rings is 1. The van der Waals surface area contributed by atoms with Crippen LogP contribution in [0.3, 0.4) is 0 Å². The topological polar surface area (TPSA) is 66.5 Å². The van der Waals surface area contributed by atoms with Gasteiger partial charge in [0.1, 0.15) is 5.69 Å². The van der Waals surface area contributed by atoms with Crippen molar-refractivity contribution in [1.29, 1.82) is 0 Å². The normalized spacial score (nSPS) is 15.4. The Bertz CT molecular complexity index is 455. The maximum atomic E-state index is 12.0. The summed E-state index contributed by atoms with van der Waals surface area (Å²) in [6.45, 7) is 9.17. The fourth-order valence-electron chi connectivity index (χ4n) is 2.07. The quantitative estimate of drug-likeness (QED) is 0.725. The van der Waals surface area contributed by atoms with Crippen LogP contribution in [0.2, 0.25) is 0 Å². The van der Waals surface area contributed by atoms with Gasteiger partial charge in [0.2, 0.25) is 0 Å². The Labute approximate surface area is 125 Å². The van der Waals surface area contributed by atoms with Gasteiger partial charge in [-0.15, -0.1) is 6.58 Å². The van der Waals surface area contributed by atoms with Gasteiger partial charge in [0, 0.05) is 32.7 Å². The molecule has 0 aromatic carbocycles. The molecule has 6 nitrogen and oxygen atoms in total. The fourth-order valence-corrected chi connectivity index (χ4v) is 2.07. The van der Waals surface area contributed by atoms with Gasteiger partial charge in [-0.05, 0) is 12.1 Å². The molecule has 1 fully saturated rings. The summed E-state index contributed by atoms with van der Waals surface area (Å²) in [5.41, 5.74) is 1.31. The molecule has 1 aromatic heterocycles. The molecule has 114 valence electrons. The number of rotatable bonds is 7. The molecule has 0 aliphatic carbocycles. The molecule has 1 aliphatic heterocycles. The van der Waals surface area contributed by atoms with E-state index >= 15 is 0 Å². The molecule has 2 N–H and O–H groups in total. The molecule has 1 aliphatic rings. The lowest BCUT2D eigenvalue weighted by Gasteiger charge is -2.26. The highest BCUT2D eigenvalue weighted by Gasteiger charge is 2.11. The summed E-state index contributed by atoms with van der Waals surface area (Å²) >= 11 is 0. The molecular formula is C15H22N4O2. The molecule has 1 aromatic rings. The Morgan fingerprint density at radius 2 is 2.24 bits per heavy atom. The van der Waals surface area contributed by atoms with E-state index in [1.807, 2.05) is 6.07 Å². The molecule has 0 radical (unpaired) electrons. The molecular weight excluding hydrogens is 268 g/mol. The van der Waals surface area contributed by atoms with Gasteiger partial charge >= 0.3 is 0 Å². The largest absolute Gasteiger partial charge is 0.380 e. The molecule has 0 spiro atoms. The third-order valence-electron chi connectivity index (χ3n) is 3.26. The van der Waals surface area contributed by atoms with Crippen molar-refractivity contribution in [3.8, 4) is 0 Å². The third kappa shape index (κ3) is 5.17. The predicted molar refractivity (Wildman–Crippen MR) is 82.5 cm³/mol. The van der Waals surface area contributed by atoms with E-state index in [0.29, 0.717) is 18.8 Å². The number of carbonyl (C=O) groups excluding carboxylic acids is 1. The fraction of sp³-hybridized carbons (Fsp3) is 0.467. The van der Waals surface area contributed by atoms with E-state index in [2.05, 4.69) is 27.1 Å². The number of pyridine rings is 1. The smallest absolute Gasteiger partial charge is 0.269 e. The Hall–Kier alpha value is -1.92. The minimum atomic E-state index is -0.140. The van der Waals surface area contributed by atoms with E-state index in [0.717, 1.165) is 38.5 Å². The van der Waals surface area contributed by atoms with Crippen molar-refractivity contribution in [3.05, 3.63) is 36.7 Å². The van der Waals surface area contributed by atoms with Crippen LogP contribution in [0.1, 0.15) is 10.5 Å². The van der Waals surface area contributed by atoms with Gasteiger partial charge in [-0.25, -0.2) is 4.98 Å². The first kappa shape index (κ1) is 15.5. The summed E-state index contributed by atoms with van der Waals surface area (Å²) in [4.78, 5) is 18.4. The lowest BCUT2D eigenvalue weighted by molar-refractivity contribution is 0.0383. The maximum Gasteiger partial charge on any atom is 0.269 e. The molecule has 0 unspecified atom stereocenters. The van der Waals surface area contributed by atoms with E-state index in [-0.39, 0.29) is 5.91 Å². The Morgan fingerprint density at radius 1 is 1.43 bits per heavy atom. The summed E-state index contributed by atoms with van der Waals surface area (Å²) in [5.74, 6) is -0.140. The van der Waals surface area contributed by atoms with Gasteiger partial charge in [0.25, 0.3) is 5.91 Å². The maximum absolute atomic E-state index is 12.0. The highest BCUT2D eigenvalue weighted by molar-refractivity contribution is 5.92. The van der Waals surface area contributed by atoms with Gasteiger partial charge < -0.3 is 15.4 Å². The lowest BCUT2D eigenvalue weighted by Crippen LogP contribution is -2.41. The number of nitrogens with zero attached hydrogens (tertiary/aromatic N) is 2. The van der Waals surface area contributed by atoms with E-state index in [4.69, 9.17) is 4.74 Å². The van der Waals surface area contributed by atoms with Gasteiger partial charge in [-0.3, -0.25) is 9.69 Å². The molecule has 0 saturated carbocycles. The molecule has 1 amide bonds. The Morgan fingerprint density at radius 3 is 2.90 bits per heavy atom. The number of aromatic nitrogens is 1. The van der Waals surface area contributed by atoms with Crippen LogP contribution in [0.4, 0.5) is 5.69 Å². The van der Waals surface area contributed by atoms with Crippen molar-refractivity contribution in [2.24, 2.45) is 0 Å². The van der Waals surface area contributed by atoms with Crippen molar-refractivity contribution in [1.82, 2.24) is 15.2 Å². The summed E-state index contributed by atoms with van der Waals surface area (Å²) in [7, 11) is 0. The number of hydrogen-bond donors (Lipinski definition) is 2. The van der Waals surface area contributed by atoms with Crippen molar-refractivity contribution in [2.75, 3.05) is 51.3 Å². The van der Waals surface area contributed by atoms with E-state index in [9.17, 15) is 4.79 Å².